The molecule has 0 atom stereocenters. The molecule has 21 heavy (non-hydrogen) atoms. The summed E-state index contributed by atoms with van der Waals surface area (Å²) in [6, 6.07) is 8.14. The highest BCUT2D eigenvalue weighted by molar-refractivity contribution is 5.92. The van der Waals surface area contributed by atoms with Gasteiger partial charge >= 0.3 is 0 Å². The van der Waals surface area contributed by atoms with Crippen molar-refractivity contribution in [3.8, 4) is 5.75 Å². The lowest BCUT2D eigenvalue weighted by Gasteiger charge is -2.09. The van der Waals surface area contributed by atoms with Crippen LogP contribution in [0.2, 0.25) is 0 Å². The Balaban J connectivity index is 2.12. The average Bonchev–Trinajstić information content (AvgIpc) is 2.45. The first-order chi connectivity index (χ1) is 10.0. The van der Waals surface area contributed by atoms with Crippen LogP contribution in [-0.2, 0) is 11.2 Å². The number of benzene rings is 2. The van der Waals surface area contributed by atoms with E-state index in [0.717, 1.165) is 12.1 Å². The average molecular weight is 292 g/mol. The van der Waals surface area contributed by atoms with Crippen molar-refractivity contribution in [2.24, 2.45) is 0 Å². The summed E-state index contributed by atoms with van der Waals surface area (Å²) in [4.78, 5) is 11.9. The molecule has 0 aliphatic rings. The Labute approximate surface area is 120 Å². The summed E-state index contributed by atoms with van der Waals surface area (Å²) in [5.41, 5.74) is 6.25. The number of carbonyl (C=O) groups is 1. The van der Waals surface area contributed by atoms with Crippen LogP contribution in [0.1, 0.15) is 5.56 Å². The second-order valence-electron chi connectivity index (χ2n) is 4.38. The number of anilines is 2. The smallest absolute Gasteiger partial charge is 0.229 e. The van der Waals surface area contributed by atoms with Gasteiger partial charge in [-0.2, -0.15) is 0 Å². The van der Waals surface area contributed by atoms with Crippen LogP contribution < -0.4 is 15.8 Å². The first-order valence-corrected chi connectivity index (χ1v) is 6.17. The lowest BCUT2D eigenvalue weighted by atomic mass is 10.1. The number of hydrogen-bond donors (Lipinski definition) is 2. The Hall–Kier alpha value is -2.63. The van der Waals surface area contributed by atoms with E-state index in [-0.39, 0.29) is 5.56 Å². The van der Waals surface area contributed by atoms with Gasteiger partial charge in [0.2, 0.25) is 5.91 Å². The van der Waals surface area contributed by atoms with E-state index < -0.39 is 24.0 Å². The molecule has 0 saturated heterocycles. The van der Waals surface area contributed by atoms with Gasteiger partial charge in [-0.05, 0) is 24.3 Å². The molecule has 0 bridgehead atoms. The third-order valence-corrected chi connectivity index (χ3v) is 2.92. The van der Waals surface area contributed by atoms with E-state index in [1.165, 1.54) is 19.2 Å². The van der Waals surface area contributed by atoms with Crippen LogP contribution >= 0.6 is 0 Å². The van der Waals surface area contributed by atoms with Crippen LogP contribution in [0.4, 0.5) is 20.2 Å². The van der Waals surface area contributed by atoms with E-state index in [9.17, 15) is 13.6 Å². The van der Waals surface area contributed by atoms with Gasteiger partial charge in [0.25, 0.3) is 0 Å². The molecule has 4 nitrogen and oxygen atoms in total. The van der Waals surface area contributed by atoms with Gasteiger partial charge in [0.1, 0.15) is 17.4 Å². The monoisotopic (exact) mass is 292 g/mol. The number of nitrogens with two attached hydrogens (primary N) is 1. The molecule has 0 spiro atoms. The van der Waals surface area contributed by atoms with Crippen molar-refractivity contribution in [2.75, 3.05) is 18.2 Å². The third-order valence-electron chi connectivity index (χ3n) is 2.92. The number of methoxy groups -OCH3 is 1. The minimum absolute atomic E-state index is 0.266. The molecule has 110 valence electrons. The Morgan fingerprint density at radius 3 is 2.52 bits per heavy atom. The first kappa shape index (κ1) is 14.8. The maximum absolute atomic E-state index is 13.5. The van der Waals surface area contributed by atoms with Gasteiger partial charge in [-0.1, -0.05) is 6.07 Å². The van der Waals surface area contributed by atoms with Gasteiger partial charge in [-0.15, -0.1) is 0 Å². The SMILES string of the molecule is COc1cc(NC(=O)Cc2c(F)cccc2F)ccc1N. The van der Waals surface area contributed by atoms with Crippen molar-refractivity contribution in [2.45, 2.75) is 6.42 Å². The minimum atomic E-state index is -0.750. The zero-order valence-electron chi connectivity index (χ0n) is 11.3. The second kappa shape index (κ2) is 6.21. The van der Waals surface area contributed by atoms with Crippen molar-refractivity contribution in [1.29, 1.82) is 0 Å². The van der Waals surface area contributed by atoms with Crippen LogP contribution in [0.15, 0.2) is 36.4 Å². The topological polar surface area (TPSA) is 64.3 Å². The van der Waals surface area contributed by atoms with Crippen LogP contribution in [0.5, 0.6) is 5.75 Å². The molecule has 2 aromatic carbocycles. The summed E-state index contributed by atoms with van der Waals surface area (Å²) in [6.45, 7) is 0. The van der Waals surface area contributed by atoms with E-state index in [1.54, 1.807) is 12.1 Å². The molecule has 0 aliphatic carbocycles. The van der Waals surface area contributed by atoms with E-state index in [2.05, 4.69) is 5.32 Å². The van der Waals surface area contributed by atoms with Crippen molar-refractivity contribution >= 4 is 17.3 Å². The van der Waals surface area contributed by atoms with E-state index >= 15 is 0 Å². The minimum Gasteiger partial charge on any atom is -0.495 e. The second-order valence-corrected chi connectivity index (χ2v) is 4.38. The molecule has 6 heteroatoms. The standard InChI is InChI=1S/C15H14F2N2O2/c1-21-14-7-9(5-6-13(14)18)19-15(20)8-10-11(16)3-2-4-12(10)17/h2-7H,8,18H2,1H3,(H,19,20). The summed E-state index contributed by atoms with van der Waals surface area (Å²) in [6.07, 6.45) is -0.398. The number of ether oxygens (including phenoxy) is 1. The Morgan fingerprint density at radius 1 is 1.24 bits per heavy atom. The van der Waals surface area contributed by atoms with Crippen molar-refractivity contribution in [3.63, 3.8) is 0 Å². The predicted molar refractivity (Wildman–Crippen MR) is 76.1 cm³/mol. The summed E-state index contributed by atoms with van der Waals surface area (Å²) >= 11 is 0. The van der Waals surface area contributed by atoms with E-state index in [4.69, 9.17) is 10.5 Å². The lowest BCUT2D eigenvalue weighted by Crippen LogP contribution is -2.16. The van der Waals surface area contributed by atoms with Gasteiger partial charge in [0, 0.05) is 17.3 Å². The van der Waals surface area contributed by atoms with Gasteiger partial charge in [0.15, 0.2) is 0 Å². The quantitative estimate of drug-likeness (QED) is 0.852. The fourth-order valence-electron chi connectivity index (χ4n) is 1.86. The number of hydrogen-bond acceptors (Lipinski definition) is 3. The number of carbonyl (C=O) groups excluding carboxylic acids is 1. The fraction of sp³-hybridized carbons (Fsp3) is 0.133. The fourth-order valence-corrected chi connectivity index (χ4v) is 1.86. The highest BCUT2D eigenvalue weighted by Gasteiger charge is 2.13. The molecule has 2 rings (SSSR count). The van der Waals surface area contributed by atoms with Crippen LogP contribution in [0, 0.1) is 11.6 Å². The molecule has 0 saturated carbocycles. The summed E-state index contributed by atoms with van der Waals surface area (Å²) in [5.74, 6) is -1.63. The molecule has 0 fully saturated rings. The summed E-state index contributed by atoms with van der Waals surface area (Å²) in [7, 11) is 1.45. The predicted octanol–water partition coefficient (Wildman–Crippen LogP) is 2.74. The lowest BCUT2D eigenvalue weighted by molar-refractivity contribution is -0.115. The molecule has 0 aromatic heterocycles. The number of amides is 1. The first-order valence-electron chi connectivity index (χ1n) is 6.17. The Morgan fingerprint density at radius 2 is 1.90 bits per heavy atom. The van der Waals surface area contributed by atoms with Gasteiger partial charge in [-0.25, -0.2) is 8.78 Å². The van der Waals surface area contributed by atoms with Gasteiger partial charge in [-0.3, -0.25) is 4.79 Å². The molecule has 0 radical (unpaired) electrons. The molecule has 0 aliphatic heterocycles. The molecule has 3 N–H and O–H groups in total. The van der Waals surface area contributed by atoms with Gasteiger partial charge < -0.3 is 15.8 Å². The van der Waals surface area contributed by atoms with Crippen LogP contribution in [-0.4, -0.2) is 13.0 Å². The van der Waals surface area contributed by atoms with Crippen molar-refractivity contribution in [1.82, 2.24) is 0 Å². The molecule has 0 unspecified atom stereocenters. The van der Waals surface area contributed by atoms with Crippen molar-refractivity contribution < 1.29 is 18.3 Å². The molecule has 2 aromatic rings. The van der Waals surface area contributed by atoms with Gasteiger partial charge in [0.05, 0.1) is 19.2 Å². The number of halogens is 2. The molecule has 0 heterocycles. The largest absolute Gasteiger partial charge is 0.495 e. The zero-order valence-corrected chi connectivity index (χ0v) is 11.3. The highest BCUT2D eigenvalue weighted by Crippen LogP contribution is 2.25. The summed E-state index contributed by atoms with van der Waals surface area (Å²) in [5, 5.41) is 2.54. The molecular formula is C15H14F2N2O2. The van der Waals surface area contributed by atoms with E-state index in [0.29, 0.717) is 17.1 Å². The third kappa shape index (κ3) is 3.47. The number of rotatable bonds is 4. The van der Waals surface area contributed by atoms with Crippen LogP contribution in [0.25, 0.3) is 0 Å². The maximum Gasteiger partial charge on any atom is 0.229 e. The van der Waals surface area contributed by atoms with Crippen molar-refractivity contribution in [3.05, 3.63) is 53.6 Å². The number of nitrogen functional groups attached to an aromatic ring is 1. The Kier molecular flexibility index (Phi) is 4.37. The highest BCUT2D eigenvalue weighted by atomic mass is 19.1. The number of nitrogens with one attached hydrogen (secondary N) is 1. The maximum atomic E-state index is 13.5. The van der Waals surface area contributed by atoms with Crippen LogP contribution in [0.3, 0.4) is 0 Å². The van der Waals surface area contributed by atoms with E-state index in [1.807, 2.05) is 0 Å². The Bertz CT molecular complexity index is 654. The molecule has 1 amide bonds. The normalized spacial score (nSPS) is 10.2. The molecular weight excluding hydrogens is 278 g/mol. The zero-order chi connectivity index (χ0) is 15.4. The summed E-state index contributed by atoms with van der Waals surface area (Å²) < 4.78 is 32.0.